The lowest BCUT2D eigenvalue weighted by atomic mass is 9.94. The van der Waals surface area contributed by atoms with Crippen LogP contribution in [0, 0.1) is 18.8 Å². The molecule has 2 unspecified atom stereocenters. The lowest BCUT2D eigenvalue weighted by Crippen LogP contribution is -2.51. The van der Waals surface area contributed by atoms with Crippen LogP contribution in [0.5, 0.6) is 0 Å². The van der Waals surface area contributed by atoms with Crippen molar-refractivity contribution >= 4 is 35.8 Å². The maximum atomic E-state index is 13.1. The normalized spacial score (nSPS) is 15.5. The molecule has 7 nitrogen and oxygen atoms in total. The number of rotatable bonds is 9. The van der Waals surface area contributed by atoms with Gasteiger partial charge in [-0.25, -0.2) is 0 Å². The maximum Gasteiger partial charge on any atom is 0.247 e. The quantitative estimate of drug-likeness (QED) is 0.474. The van der Waals surface area contributed by atoms with Gasteiger partial charge < -0.3 is 21.3 Å². The summed E-state index contributed by atoms with van der Waals surface area (Å²) in [5.41, 5.74) is 8.84. The number of anilines is 1. The Labute approximate surface area is 220 Å². The van der Waals surface area contributed by atoms with Crippen molar-refractivity contribution in [1.29, 1.82) is 0 Å². The van der Waals surface area contributed by atoms with Crippen LogP contribution < -0.4 is 16.4 Å². The fraction of sp³-hybridized carbons (Fsp3) is 0.464. The molecule has 2 atom stereocenters. The lowest BCUT2D eigenvalue weighted by molar-refractivity contribution is -0.137. The summed E-state index contributed by atoms with van der Waals surface area (Å²) >= 11 is 0. The van der Waals surface area contributed by atoms with Gasteiger partial charge in [-0.2, -0.15) is 0 Å². The van der Waals surface area contributed by atoms with Gasteiger partial charge in [0, 0.05) is 31.1 Å². The number of hydrogen-bond donors (Lipinski definition) is 3. The van der Waals surface area contributed by atoms with Gasteiger partial charge in [-0.05, 0) is 49.8 Å². The monoisotopic (exact) mass is 514 g/mol. The summed E-state index contributed by atoms with van der Waals surface area (Å²) in [6, 6.07) is 16.0. The molecule has 196 valence electrons. The molecule has 0 aromatic heterocycles. The summed E-state index contributed by atoms with van der Waals surface area (Å²) < 4.78 is 0. The predicted octanol–water partition coefficient (Wildman–Crippen LogP) is 3.69. The standard InChI is InChI=1S/C28H38N4O3.ClH/c1-19(2)17-24(29)28(35)32-15-13-22(14-16-32)26(33)31-25(18-21-7-5-4-6-8-21)27(34)30-23-11-9-20(3)10-12-23;/h4-12,19,22,24-25H,13-18,29H2,1-3H3,(H,30,34)(H,31,33);1H. The van der Waals surface area contributed by atoms with E-state index < -0.39 is 12.1 Å². The Bertz CT molecular complexity index is 990. The number of carbonyl (C=O) groups excluding carboxylic acids is 3. The van der Waals surface area contributed by atoms with E-state index in [2.05, 4.69) is 10.6 Å². The summed E-state index contributed by atoms with van der Waals surface area (Å²) in [7, 11) is 0. The van der Waals surface area contributed by atoms with Crippen LogP contribution in [0.1, 0.15) is 44.2 Å². The van der Waals surface area contributed by atoms with Gasteiger partial charge in [-0.1, -0.05) is 61.9 Å². The van der Waals surface area contributed by atoms with Crippen LogP contribution in [0.25, 0.3) is 0 Å². The predicted molar refractivity (Wildman–Crippen MR) is 146 cm³/mol. The molecule has 1 saturated heterocycles. The number of hydrogen-bond acceptors (Lipinski definition) is 4. The smallest absolute Gasteiger partial charge is 0.247 e. The Morgan fingerprint density at radius 2 is 1.61 bits per heavy atom. The molecule has 0 spiro atoms. The molecule has 1 aliphatic heterocycles. The third-order valence-corrected chi connectivity index (χ3v) is 6.45. The third kappa shape index (κ3) is 8.64. The molecule has 0 radical (unpaired) electrons. The van der Waals surface area contributed by atoms with Crippen LogP contribution in [-0.2, 0) is 20.8 Å². The van der Waals surface area contributed by atoms with E-state index in [4.69, 9.17) is 5.73 Å². The number of nitrogens with one attached hydrogen (secondary N) is 2. The van der Waals surface area contributed by atoms with E-state index in [1.807, 2.05) is 75.4 Å². The molecule has 1 aliphatic rings. The highest BCUT2D eigenvalue weighted by molar-refractivity contribution is 5.97. The highest BCUT2D eigenvalue weighted by Gasteiger charge is 2.31. The van der Waals surface area contributed by atoms with Crippen molar-refractivity contribution < 1.29 is 14.4 Å². The first-order valence-corrected chi connectivity index (χ1v) is 12.5. The third-order valence-electron chi connectivity index (χ3n) is 6.45. The first-order valence-electron chi connectivity index (χ1n) is 12.5. The van der Waals surface area contributed by atoms with Crippen LogP contribution >= 0.6 is 12.4 Å². The number of piperidine rings is 1. The second-order valence-electron chi connectivity index (χ2n) is 9.94. The second kappa shape index (κ2) is 14.0. The molecule has 36 heavy (non-hydrogen) atoms. The Morgan fingerprint density at radius 3 is 2.19 bits per heavy atom. The molecule has 2 aromatic rings. The van der Waals surface area contributed by atoms with Crippen molar-refractivity contribution in [3.63, 3.8) is 0 Å². The van der Waals surface area contributed by atoms with Crippen molar-refractivity contribution in [2.75, 3.05) is 18.4 Å². The van der Waals surface area contributed by atoms with Crippen molar-refractivity contribution in [2.24, 2.45) is 17.6 Å². The van der Waals surface area contributed by atoms with Crippen LogP contribution in [0.15, 0.2) is 54.6 Å². The summed E-state index contributed by atoms with van der Waals surface area (Å²) in [5.74, 6) is -0.338. The van der Waals surface area contributed by atoms with Gasteiger partial charge in [0.1, 0.15) is 6.04 Å². The fourth-order valence-corrected chi connectivity index (χ4v) is 4.42. The minimum atomic E-state index is -0.703. The average molecular weight is 515 g/mol. The molecular formula is C28H39ClN4O3. The summed E-state index contributed by atoms with van der Waals surface area (Å²) in [6.45, 7) is 7.08. The van der Waals surface area contributed by atoms with Crippen LogP contribution in [0.4, 0.5) is 5.69 Å². The number of halogens is 1. The molecule has 2 aromatic carbocycles. The van der Waals surface area contributed by atoms with E-state index in [1.165, 1.54) is 0 Å². The molecule has 3 amide bonds. The van der Waals surface area contributed by atoms with Crippen molar-refractivity contribution in [1.82, 2.24) is 10.2 Å². The Hall–Kier alpha value is -2.90. The van der Waals surface area contributed by atoms with Gasteiger partial charge in [0.05, 0.1) is 6.04 Å². The molecule has 8 heteroatoms. The Balaban J connectivity index is 0.00000456. The number of aryl methyl sites for hydroxylation is 1. The molecule has 0 saturated carbocycles. The van der Waals surface area contributed by atoms with Crippen LogP contribution in [-0.4, -0.2) is 47.8 Å². The first-order chi connectivity index (χ1) is 16.7. The van der Waals surface area contributed by atoms with Crippen molar-refractivity contribution in [3.05, 3.63) is 65.7 Å². The largest absolute Gasteiger partial charge is 0.344 e. The minimum absolute atomic E-state index is 0. The molecule has 1 heterocycles. The Kier molecular flexibility index (Phi) is 11.4. The first kappa shape index (κ1) is 29.3. The van der Waals surface area contributed by atoms with Crippen LogP contribution in [0.2, 0.25) is 0 Å². The van der Waals surface area contributed by atoms with Gasteiger partial charge in [0.15, 0.2) is 0 Å². The van der Waals surface area contributed by atoms with E-state index in [0.717, 1.165) is 11.1 Å². The summed E-state index contributed by atoms with van der Waals surface area (Å²) in [6.07, 6.45) is 2.16. The van der Waals surface area contributed by atoms with Crippen LogP contribution in [0.3, 0.4) is 0 Å². The lowest BCUT2D eigenvalue weighted by Gasteiger charge is -2.33. The van der Waals surface area contributed by atoms with Gasteiger partial charge in [-0.3, -0.25) is 14.4 Å². The van der Waals surface area contributed by atoms with E-state index >= 15 is 0 Å². The minimum Gasteiger partial charge on any atom is -0.344 e. The number of likely N-dealkylation sites (tertiary alicyclic amines) is 1. The summed E-state index contributed by atoms with van der Waals surface area (Å²) in [4.78, 5) is 40.7. The number of benzene rings is 2. The number of nitrogens with zero attached hydrogens (tertiary/aromatic N) is 1. The number of carbonyl (C=O) groups is 3. The molecule has 0 bridgehead atoms. The fourth-order valence-electron chi connectivity index (χ4n) is 4.42. The SMILES string of the molecule is Cc1ccc(NC(=O)C(Cc2ccccc2)NC(=O)C2CCN(C(=O)C(N)CC(C)C)CC2)cc1.Cl. The number of nitrogens with two attached hydrogens (primary N) is 1. The average Bonchev–Trinajstić information content (AvgIpc) is 2.84. The molecular weight excluding hydrogens is 476 g/mol. The molecule has 1 fully saturated rings. The van der Waals surface area contributed by atoms with Gasteiger partial charge in [0.2, 0.25) is 17.7 Å². The maximum absolute atomic E-state index is 13.1. The van der Waals surface area contributed by atoms with Crippen molar-refractivity contribution in [3.8, 4) is 0 Å². The van der Waals surface area contributed by atoms with Gasteiger partial charge >= 0.3 is 0 Å². The zero-order valence-electron chi connectivity index (χ0n) is 21.4. The topological polar surface area (TPSA) is 105 Å². The number of amides is 3. The Morgan fingerprint density at radius 1 is 1.00 bits per heavy atom. The van der Waals surface area contributed by atoms with E-state index in [-0.39, 0.29) is 36.0 Å². The zero-order chi connectivity index (χ0) is 25.4. The molecule has 3 rings (SSSR count). The molecule has 0 aliphatic carbocycles. The van der Waals surface area contributed by atoms with E-state index in [9.17, 15) is 14.4 Å². The summed E-state index contributed by atoms with van der Waals surface area (Å²) in [5, 5.41) is 5.91. The van der Waals surface area contributed by atoms with Gasteiger partial charge in [-0.15, -0.1) is 12.4 Å². The highest BCUT2D eigenvalue weighted by Crippen LogP contribution is 2.20. The van der Waals surface area contributed by atoms with E-state index in [0.29, 0.717) is 50.4 Å². The van der Waals surface area contributed by atoms with Crippen molar-refractivity contribution in [2.45, 2.75) is 58.5 Å². The second-order valence-corrected chi connectivity index (χ2v) is 9.94. The van der Waals surface area contributed by atoms with Gasteiger partial charge in [0.25, 0.3) is 0 Å². The highest BCUT2D eigenvalue weighted by atomic mass is 35.5. The molecule has 4 N–H and O–H groups in total. The van der Waals surface area contributed by atoms with E-state index in [1.54, 1.807) is 4.90 Å². The zero-order valence-corrected chi connectivity index (χ0v) is 22.2.